The Morgan fingerprint density at radius 1 is 1.19 bits per heavy atom. The van der Waals surface area contributed by atoms with E-state index in [1.165, 1.54) is 12.3 Å². The minimum absolute atomic E-state index is 0.387. The van der Waals surface area contributed by atoms with E-state index in [9.17, 15) is 4.39 Å². The van der Waals surface area contributed by atoms with Crippen LogP contribution in [0, 0.1) is 5.82 Å². The molecule has 2 N–H and O–H groups in total. The normalized spacial score (nSPS) is 10.8. The Labute approximate surface area is 122 Å². The molecule has 0 amide bonds. The fourth-order valence-corrected chi connectivity index (χ4v) is 2.35. The lowest BCUT2D eigenvalue weighted by atomic mass is 10.1. The van der Waals surface area contributed by atoms with Gasteiger partial charge in [0.25, 0.3) is 0 Å². The van der Waals surface area contributed by atoms with Crippen molar-refractivity contribution >= 4 is 5.82 Å². The Kier molecular flexibility index (Phi) is 3.39. The smallest absolute Gasteiger partial charge is 0.142 e. The number of anilines is 1. The minimum Gasteiger partial charge on any atom is -0.383 e. The van der Waals surface area contributed by atoms with Crippen LogP contribution in [-0.2, 0) is 6.42 Å². The first-order valence-electron chi connectivity index (χ1n) is 6.74. The lowest BCUT2D eigenvalue weighted by molar-refractivity contribution is 0.622. The summed E-state index contributed by atoms with van der Waals surface area (Å²) in [5.74, 6) is 0.186. The molecule has 3 rings (SSSR count). The molecule has 0 spiro atoms. The molecule has 0 saturated heterocycles. The van der Waals surface area contributed by atoms with Crippen molar-refractivity contribution in [1.29, 1.82) is 0 Å². The fraction of sp³-hybridized carbons (Fsp3) is 0.125. The molecule has 2 heterocycles. The van der Waals surface area contributed by atoms with E-state index in [-0.39, 0.29) is 5.82 Å². The molecule has 0 radical (unpaired) electrons. The number of benzene rings is 1. The van der Waals surface area contributed by atoms with Gasteiger partial charge in [-0.15, -0.1) is 0 Å². The second-order valence-electron chi connectivity index (χ2n) is 4.71. The van der Waals surface area contributed by atoms with Crippen molar-refractivity contribution in [2.45, 2.75) is 13.3 Å². The Bertz CT molecular complexity index is 765. The number of nitrogens with two attached hydrogens (primary N) is 1. The first-order chi connectivity index (χ1) is 10.2. The van der Waals surface area contributed by atoms with Gasteiger partial charge in [-0.1, -0.05) is 25.1 Å². The largest absolute Gasteiger partial charge is 0.383 e. The number of hydrogen-bond donors (Lipinski definition) is 1. The summed E-state index contributed by atoms with van der Waals surface area (Å²) in [5.41, 5.74) is 9.28. The summed E-state index contributed by atoms with van der Waals surface area (Å²) in [6.07, 6.45) is 3.48. The maximum Gasteiger partial charge on any atom is 0.142 e. The monoisotopic (exact) mass is 282 g/mol. The molecule has 5 heteroatoms. The number of rotatable bonds is 3. The molecule has 0 aliphatic heterocycles. The van der Waals surface area contributed by atoms with Crippen molar-refractivity contribution in [2.24, 2.45) is 0 Å². The van der Waals surface area contributed by atoms with Crippen LogP contribution in [0.2, 0.25) is 0 Å². The van der Waals surface area contributed by atoms with Gasteiger partial charge in [-0.2, -0.15) is 5.10 Å². The topological polar surface area (TPSA) is 56.7 Å². The van der Waals surface area contributed by atoms with Crippen molar-refractivity contribution in [3.05, 3.63) is 60.2 Å². The molecule has 0 fully saturated rings. The SMILES string of the molecule is CCc1c(-c2cncc(F)c2)nn(-c2ccccc2)c1N. The van der Waals surface area contributed by atoms with E-state index >= 15 is 0 Å². The number of hydrogen-bond acceptors (Lipinski definition) is 3. The zero-order valence-electron chi connectivity index (χ0n) is 11.6. The first-order valence-corrected chi connectivity index (χ1v) is 6.74. The van der Waals surface area contributed by atoms with Gasteiger partial charge in [0.2, 0.25) is 0 Å². The molecular formula is C16H15FN4. The summed E-state index contributed by atoms with van der Waals surface area (Å²) in [5, 5.41) is 4.55. The maximum absolute atomic E-state index is 13.4. The van der Waals surface area contributed by atoms with Crippen LogP contribution in [0.3, 0.4) is 0 Å². The molecule has 0 saturated carbocycles. The van der Waals surface area contributed by atoms with Crippen LogP contribution >= 0.6 is 0 Å². The maximum atomic E-state index is 13.4. The van der Waals surface area contributed by atoms with Crippen LogP contribution in [-0.4, -0.2) is 14.8 Å². The summed E-state index contributed by atoms with van der Waals surface area (Å²) in [4.78, 5) is 3.88. The molecule has 4 nitrogen and oxygen atoms in total. The number of halogens is 1. The average molecular weight is 282 g/mol. The highest BCUT2D eigenvalue weighted by atomic mass is 19.1. The van der Waals surface area contributed by atoms with Gasteiger partial charge in [0.05, 0.1) is 17.6 Å². The van der Waals surface area contributed by atoms with E-state index < -0.39 is 0 Å². The minimum atomic E-state index is -0.387. The molecule has 3 aromatic rings. The zero-order valence-corrected chi connectivity index (χ0v) is 11.6. The predicted molar refractivity (Wildman–Crippen MR) is 80.5 cm³/mol. The fourth-order valence-electron chi connectivity index (χ4n) is 2.35. The number of aromatic nitrogens is 3. The van der Waals surface area contributed by atoms with E-state index in [0.717, 1.165) is 11.3 Å². The van der Waals surface area contributed by atoms with E-state index in [4.69, 9.17) is 5.73 Å². The Hall–Kier alpha value is -2.69. The summed E-state index contributed by atoms with van der Waals surface area (Å²) in [6.45, 7) is 2.00. The number of nitrogen functional groups attached to an aromatic ring is 1. The molecule has 0 unspecified atom stereocenters. The quantitative estimate of drug-likeness (QED) is 0.802. The van der Waals surface area contributed by atoms with Crippen molar-refractivity contribution in [3.8, 4) is 16.9 Å². The molecule has 2 aromatic heterocycles. The molecule has 0 aliphatic carbocycles. The van der Waals surface area contributed by atoms with E-state index in [1.807, 2.05) is 37.3 Å². The molecule has 0 bridgehead atoms. The summed E-state index contributed by atoms with van der Waals surface area (Å²) < 4.78 is 15.1. The molecule has 106 valence electrons. The predicted octanol–water partition coefficient (Wildman–Crippen LogP) is 3.22. The number of nitrogens with zero attached hydrogens (tertiary/aromatic N) is 3. The number of pyridine rings is 1. The highest BCUT2D eigenvalue weighted by Crippen LogP contribution is 2.29. The first kappa shape index (κ1) is 13.3. The molecular weight excluding hydrogens is 267 g/mol. The third-order valence-corrected chi connectivity index (χ3v) is 3.36. The molecule has 0 aliphatic rings. The van der Waals surface area contributed by atoms with Gasteiger partial charge in [0, 0.05) is 17.3 Å². The second-order valence-corrected chi connectivity index (χ2v) is 4.71. The van der Waals surface area contributed by atoms with Gasteiger partial charge in [-0.25, -0.2) is 9.07 Å². The van der Waals surface area contributed by atoms with Gasteiger partial charge in [-0.05, 0) is 24.6 Å². The summed E-state index contributed by atoms with van der Waals surface area (Å²) in [7, 11) is 0. The highest BCUT2D eigenvalue weighted by Gasteiger charge is 2.17. The lowest BCUT2D eigenvalue weighted by Gasteiger charge is -2.03. The van der Waals surface area contributed by atoms with Crippen LogP contribution in [0.5, 0.6) is 0 Å². The Morgan fingerprint density at radius 3 is 2.62 bits per heavy atom. The van der Waals surface area contributed by atoms with Crippen LogP contribution in [0.4, 0.5) is 10.2 Å². The Balaban J connectivity index is 2.19. The van der Waals surface area contributed by atoms with E-state index in [1.54, 1.807) is 10.9 Å². The standard InChI is InChI=1S/C16H15FN4/c1-2-14-15(11-8-12(17)10-19-9-11)20-21(16(14)18)13-6-4-3-5-7-13/h3-10H,2,18H2,1H3. The molecule has 1 aromatic carbocycles. The second kappa shape index (κ2) is 5.36. The average Bonchev–Trinajstić information content (AvgIpc) is 2.85. The van der Waals surface area contributed by atoms with Crippen molar-refractivity contribution < 1.29 is 4.39 Å². The van der Waals surface area contributed by atoms with Gasteiger partial charge in [-0.3, -0.25) is 4.98 Å². The molecule has 0 atom stereocenters. The third kappa shape index (κ3) is 2.38. The molecule has 21 heavy (non-hydrogen) atoms. The number of para-hydroxylation sites is 1. The van der Waals surface area contributed by atoms with Gasteiger partial charge in [0.1, 0.15) is 11.6 Å². The lowest BCUT2D eigenvalue weighted by Crippen LogP contribution is -2.02. The van der Waals surface area contributed by atoms with Crippen LogP contribution in [0.15, 0.2) is 48.8 Å². The van der Waals surface area contributed by atoms with E-state index in [0.29, 0.717) is 23.5 Å². The summed E-state index contributed by atoms with van der Waals surface area (Å²) in [6, 6.07) is 11.0. The summed E-state index contributed by atoms with van der Waals surface area (Å²) >= 11 is 0. The van der Waals surface area contributed by atoms with E-state index in [2.05, 4.69) is 10.1 Å². The zero-order chi connectivity index (χ0) is 14.8. The highest BCUT2D eigenvalue weighted by molar-refractivity contribution is 5.69. The van der Waals surface area contributed by atoms with Crippen LogP contribution in [0.1, 0.15) is 12.5 Å². The van der Waals surface area contributed by atoms with Crippen LogP contribution in [0.25, 0.3) is 16.9 Å². The van der Waals surface area contributed by atoms with Crippen LogP contribution < -0.4 is 5.73 Å². The van der Waals surface area contributed by atoms with Crippen molar-refractivity contribution in [3.63, 3.8) is 0 Å². The third-order valence-electron chi connectivity index (χ3n) is 3.36. The Morgan fingerprint density at radius 2 is 1.95 bits per heavy atom. The van der Waals surface area contributed by atoms with Gasteiger partial charge < -0.3 is 5.73 Å². The van der Waals surface area contributed by atoms with Gasteiger partial charge >= 0.3 is 0 Å². The van der Waals surface area contributed by atoms with Crippen molar-refractivity contribution in [1.82, 2.24) is 14.8 Å². The van der Waals surface area contributed by atoms with Gasteiger partial charge in [0.15, 0.2) is 0 Å². The van der Waals surface area contributed by atoms with Crippen molar-refractivity contribution in [2.75, 3.05) is 5.73 Å².